The lowest BCUT2D eigenvalue weighted by Gasteiger charge is -1.99. The number of rotatable bonds is 1. The number of halogens is 1. The molecule has 1 aliphatic rings. The molecule has 0 fully saturated rings. The molecular formula is C10H13Cl. The highest BCUT2D eigenvalue weighted by Crippen LogP contribution is 2.22. The molecule has 0 saturated carbocycles. The molecule has 1 atom stereocenters. The molecule has 0 bridgehead atoms. The van der Waals surface area contributed by atoms with Crippen LogP contribution in [0.2, 0.25) is 0 Å². The molecule has 0 spiro atoms. The maximum atomic E-state index is 6.01. The Bertz CT molecular complexity index is 186. The van der Waals surface area contributed by atoms with Crippen molar-refractivity contribution in [2.45, 2.75) is 37.5 Å². The van der Waals surface area contributed by atoms with Gasteiger partial charge < -0.3 is 0 Å². The number of allylic oxidation sites excluding steroid dienone is 2. The van der Waals surface area contributed by atoms with Gasteiger partial charge in [-0.2, -0.15) is 0 Å². The smallest absolute Gasteiger partial charge is 0.0518 e. The van der Waals surface area contributed by atoms with Crippen molar-refractivity contribution in [2.75, 3.05) is 0 Å². The van der Waals surface area contributed by atoms with Crippen molar-refractivity contribution in [3.63, 3.8) is 0 Å². The van der Waals surface area contributed by atoms with Gasteiger partial charge in [-0.3, -0.25) is 0 Å². The summed E-state index contributed by atoms with van der Waals surface area (Å²) in [4.78, 5) is 0. The van der Waals surface area contributed by atoms with Gasteiger partial charge in [0, 0.05) is 6.42 Å². The molecule has 1 aliphatic carbocycles. The zero-order valence-corrected chi connectivity index (χ0v) is 7.40. The summed E-state index contributed by atoms with van der Waals surface area (Å²) in [6.07, 6.45) is 12.9. The molecule has 1 heteroatoms. The summed E-state index contributed by atoms with van der Waals surface area (Å²) >= 11 is 6.01. The number of alkyl halides is 1. The van der Waals surface area contributed by atoms with Crippen LogP contribution in [0.4, 0.5) is 0 Å². The van der Waals surface area contributed by atoms with Gasteiger partial charge >= 0.3 is 0 Å². The van der Waals surface area contributed by atoms with Gasteiger partial charge in [-0.15, -0.1) is 23.9 Å². The fraction of sp³-hybridized carbons (Fsp3) is 0.600. The molecule has 0 aromatic heterocycles. The van der Waals surface area contributed by atoms with Crippen LogP contribution in [0.1, 0.15) is 32.1 Å². The maximum absolute atomic E-state index is 6.01. The molecule has 0 aromatic rings. The molecule has 1 rings (SSSR count). The Labute approximate surface area is 73.6 Å². The van der Waals surface area contributed by atoms with Crippen LogP contribution < -0.4 is 0 Å². The molecule has 0 radical (unpaired) electrons. The largest absolute Gasteiger partial charge is 0.120 e. The Kier molecular flexibility index (Phi) is 3.52. The molecule has 11 heavy (non-hydrogen) atoms. The predicted molar refractivity (Wildman–Crippen MR) is 49.6 cm³/mol. The van der Waals surface area contributed by atoms with Gasteiger partial charge in [0.15, 0.2) is 0 Å². The summed E-state index contributed by atoms with van der Waals surface area (Å²) in [5, 5.41) is 0.223. The maximum Gasteiger partial charge on any atom is 0.0518 e. The minimum atomic E-state index is 0.223. The standard InChI is InChI=1S/C10H13Cl/c1-2-5-9-6-3-4-7-10(11)8-9/h1,8,10H,3-7H2. The molecule has 1 unspecified atom stereocenters. The Balaban J connectivity index is 2.53. The van der Waals surface area contributed by atoms with Crippen molar-refractivity contribution in [1.82, 2.24) is 0 Å². The lowest BCUT2D eigenvalue weighted by Crippen LogP contribution is -1.90. The van der Waals surface area contributed by atoms with Crippen LogP contribution in [0, 0.1) is 12.3 Å². The first-order valence-electron chi connectivity index (χ1n) is 4.10. The van der Waals surface area contributed by atoms with E-state index in [1.54, 1.807) is 0 Å². The third-order valence-corrected chi connectivity index (χ3v) is 2.32. The molecule has 0 aliphatic heterocycles. The van der Waals surface area contributed by atoms with Crippen LogP contribution in [0.15, 0.2) is 11.6 Å². The highest BCUT2D eigenvalue weighted by molar-refractivity contribution is 6.21. The Morgan fingerprint density at radius 3 is 3.18 bits per heavy atom. The lowest BCUT2D eigenvalue weighted by atomic mass is 10.1. The van der Waals surface area contributed by atoms with Gasteiger partial charge in [0.05, 0.1) is 5.38 Å². The first-order chi connectivity index (χ1) is 5.33. The van der Waals surface area contributed by atoms with E-state index in [2.05, 4.69) is 12.0 Å². The highest BCUT2D eigenvalue weighted by Gasteiger charge is 2.07. The third-order valence-electron chi connectivity index (χ3n) is 1.97. The zero-order valence-electron chi connectivity index (χ0n) is 6.65. The quantitative estimate of drug-likeness (QED) is 0.321. The van der Waals surface area contributed by atoms with E-state index in [1.165, 1.54) is 18.4 Å². The summed E-state index contributed by atoms with van der Waals surface area (Å²) in [5.41, 5.74) is 1.35. The SMILES string of the molecule is C#CCC1=CC(Cl)CCCC1. The van der Waals surface area contributed by atoms with Crippen LogP contribution in [0.3, 0.4) is 0 Å². The van der Waals surface area contributed by atoms with Crippen LogP contribution >= 0.6 is 11.6 Å². The molecule has 0 aromatic carbocycles. The van der Waals surface area contributed by atoms with Crippen molar-refractivity contribution < 1.29 is 0 Å². The van der Waals surface area contributed by atoms with Gasteiger partial charge in [0.25, 0.3) is 0 Å². The van der Waals surface area contributed by atoms with Gasteiger partial charge in [0.1, 0.15) is 0 Å². The van der Waals surface area contributed by atoms with Crippen LogP contribution in [0.25, 0.3) is 0 Å². The molecule has 0 saturated heterocycles. The predicted octanol–water partition coefficient (Wildman–Crippen LogP) is 3.12. The van der Waals surface area contributed by atoms with Crippen LogP contribution in [-0.2, 0) is 0 Å². The Hall–Kier alpha value is -0.410. The summed E-state index contributed by atoms with van der Waals surface area (Å²) in [6, 6.07) is 0. The van der Waals surface area contributed by atoms with Crippen LogP contribution in [0.5, 0.6) is 0 Å². The van der Waals surface area contributed by atoms with E-state index in [0.29, 0.717) is 0 Å². The average molecular weight is 169 g/mol. The average Bonchev–Trinajstić information content (AvgIpc) is 2.15. The molecular weight excluding hydrogens is 156 g/mol. The number of terminal acetylenes is 1. The summed E-state index contributed by atoms with van der Waals surface area (Å²) in [7, 11) is 0. The van der Waals surface area contributed by atoms with Gasteiger partial charge in [-0.25, -0.2) is 0 Å². The second kappa shape index (κ2) is 4.46. The van der Waals surface area contributed by atoms with Crippen molar-refractivity contribution in [2.24, 2.45) is 0 Å². The van der Waals surface area contributed by atoms with E-state index in [1.807, 2.05) is 0 Å². The van der Waals surface area contributed by atoms with Crippen molar-refractivity contribution in [3.05, 3.63) is 11.6 Å². The van der Waals surface area contributed by atoms with Crippen molar-refractivity contribution >= 4 is 11.6 Å². The normalized spacial score (nSPS) is 25.1. The third kappa shape index (κ3) is 2.99. The van der Waals surface area contributed by atoms with E-state index in [4.69, 9.17) is 18.0 Å². The van der Waals surface area contributed by atoms with E-state index in [9.17, 15) is 0 Å². The summed E-state index contributed by atoms with van der Waals surface area (Å²) in [5.74, 6) is 2.66. The summed E-state index contributed by atoms with van der Waals surface area (Å²) < 4.78 is 0. The Morgan fingerprint density at radius 1 is 1.64 bits per heavy atom. The van der Waals surface area contributed by atoms with Gasteiger partial charge in [0.2, 0.25) is 0 Å². The van der Waals surface area contributed by atoms with Crippen LogP contribution in [-0.4, -0.2) is 5.38 Å². The number of hydrogen-bond acceptors (Lipinski definition) is 0. The lowest BCUT2D eigenvalue weighted by molar-refractivity contribution is 0.711. The van der Waals surface area contributed by atoms with Crippen molar-refractivity contribution in [3.8, 4) is 12.3 Å². The fourth-order valence-electron chi connectivity index (χ4n) is 1.39. The fourth-order valence-corrected chi connectivity index (χ4v) is 1.72. The monoisotopic (exact) mass is 168 g/mol. The van der Waals surface area contributed by atoms with Gasteiger partial charge in [-0.1, -0.05) is 18.1 Å². The molecule has 0 heterocycles. The zero-order chi connectivity index (χ0) is 8.10. The minimum Gasteiger partial charge on any atom is -0.120 e. The van der Waals surface area contributed by atoms with E-state index >= 15 is 0 Å². The van der Waals surface area contributed by atoms with E-state index in [-0.39, 0.29) is 5.38 Å². The molecule has 0 amide bonds. The highest BCUT2D eigenvalue weighted by atomic mass is 35.5. The number of hydrogen-bond donors (Lipinski definition) is 0. The van der Waals surface area contributed by atoms with Crippen molar-refractivity contribution in [1.29, 1.82) is 0 Å². The second-order valence-electron chi connectivity index (χ2n) is 2.97. The van der Waals surface area contributed by atoms with E-state index < -0.39 is 0 Å². The topological polar surface area (TPSA) is 0 Å². The molecule has 0 nitrogen and oxygen atoms in total. The minimum absolute atomic E-state index is 0.223. The molecule has 60 valence electrons. The first kappa shape index (κ1) is 8.68. The Morgan fingerprint density at radius 2 is 2.45 bits per heavy atom. The second-order valence-corrected chi connectivity index (χ2v) is 3.53. The molecule has 0 N–H and O–H groups in total. The van der Waals surface area contributed by atoms with E-state index in [0.717, 1.165) is 19.3 Å². The van der Waals surface area contributed by atoms with Gasteiger partial charge in [-0.05, 0) is 19.3 Å². The summed E-state index contributed by atoms with van der Waals surface area (Å²) in [6.45, 7) is 0. The first-order valence-corrected chi connectivity index (χ1v) is 4.53.